The van der Waals surface area contributed by atoms with Crippen molar-refractivity contribution in [3.8, 4) is 6.07 Å². The van der Waals surface area contributed by atoms with E-state index in [0.29, 0.717) is 5.82 Å². The van der Waals surface area contributed by atoms with Gasteiger partial charge >= 0.3 is 0 Å². The van der Waals surface area contributed by atoms with Gasteiger partial charge in [-0.3, -0.25) is 4.68 Å². The van der Waals surface area contributed by atoms with Gasteiger partial charge < -0.3 is 5.73 Å². The van der Waals surface area contributed by atoms with Crippen LogP contribution in [0.4, 0.5) is 5.82 Å². The predicted octanol–water partition coefficient (Wildman–Crippen LogP) is 0.551. The van der Waals surface area contributed by atoms with Crippen LogP contribution in [0, 0.1) is 11.3 Å². The molecule has 0 amide bonds. The second-order valence-electron chi connectivity index (χ2n) is 2.25. The maximum atomic E-state index is 8.34. The Morgan fingerprint density at radius 2 is 2.55 bits per heavy atom. The Bertz CT molecular complexity index is 281. The molecule has 2 N–H and O–H groups in total. The monoisotopic (exact) mass is 150 g/mol. The number of nitrogen functional groups attached to an aromatic ring is 1. The molecule has 0 bridgehead atoms. The second-order valence-corrected chi connectivity index (χ2v) is 2.25. The first kappa shape index (κ1) is 7.61. The average molecular weight is 150 g/mol. The standard InChI is InChI=1S/C7H10N4/c1-2-6-5-11(4-3-8)10-7(6)9/h5H,2,4H2,1H3,(H2,9,10). The quantitative estimate of drug-likeness (QED) is 0.669. The molecule has 0 saturated heterocycles. The van der Waals surface area contributed by atoms with E-state index in [0.717, 1.165) is 12.0 Å². The summed E-state index contributed by atoms with van der Waals surface area (Å²) < 4.78 is 1.55. The Kier molecular flexibility index (Phi) is 2.12. The molecule has 0 aliphatic rings. The van der Waals surface area contributed by atoms with Crippen molar-refractivity contribution in [2.45, 2.75) is 19.9 Å². The molecule has 0 aliphatic carbocycles. The first-order valence-corrected chi connectivity index (χ1v) is 3.46. The molecule has 1 aromatic heterocycles. The van der Waals surface area contributed by atoms with Crippen LogP contribution in [0.1, 0.15) is 12.5 Å². The van der Waals surface area contributed by atoms with Crippen molar-refractivity contribution in [2.75, 3.05) is 5.73 Å². The van der Waals surface area contributed by atoms with Gasteiger partial charge in [0.2, 0.25) is 0 Å². The summed E-state index contributed by atoms with van der Waals surface area (Å²) in [6.45, 7) is 2.27. The molecule has 4 nitrogen and oxygen atoms in total. The zero-order valence-electron chi connectivity index (χ0n) is 6.41. The molecule has 0 saturated carbocycles. The third kappa shape index (κ3) is 1.49. The largest absolute Gasteiger partial charge is 0.382 e. The van der Waals surface area contributed by atoms with Crippen LogP contribution in [0.5, 0.6) is 0 Å². The molecule has 0 radical (unpaired) electrons. The molecule has 0 aromatic carbocycles. The minimum Gasteiger partial charge on any atom is -0.382 e. The second kappa shape index (κ2) is 3.06. The zero-order chi connectivity index (χ0) is 8.27. The van der Waals surface area contributed by atoms with Gasteiger partial charge in [-0.15, -0.1) is 0 Å². The van der Waals surface area contributed by atoms with Gasteiger partial charge in [-0.2, -0.15) is 10.4 Å². The Morgan fingerprint density at radius 3 is 3.00 bits per heavy atom. The topological polar surface area (TPSA) is 67.6 Å². The van der Waals surface area contributed by atoms with E-state index in [4.69, 9.17) is 11.0 Å². The van der Waals surface area contributed by atoms with Crippen LogP contribution in [0.15, 0.2) is 6.20 Å². The van der Waals surface area contributed by atoms with Crippen molar-refractivity contribution in [2.24, 2.45) is 0 Å². The molecule has 11 heavy (non-hydrogen) atoms. The highest BCUT2D eigenvalue weighted by Gasteiger charge is 2.01. The summed E-state index contributed by atoms with van der Waals surface area (Å²) in [7, 11) is 0. The van der Waals surface area contributed by atoms with Gasteiger partial charge in [0.15, 0.2) is 0 Å². The number of nitrogens with two attached hydrogens (primary N) is 1. The lowest BCUT2D eigenvalue weighted by molar-refractivity contribution is 0.712. The summed E-state index contributed by atoms with van der Waals surface area (Å²) in [4.78, 5) is 0. The Balaban J connectivity index is 2.88. The number of aromatic nitrogens is 2. The smallest absolute Gasteiger partial charge is 0.148 e. The van der Waals surface area contributed by atoms with Gasteiger partial charge in [-0.25, -0.2) is 0 Å². The van der Waals surface area contributed by atoms with Crippen molar-refractivity contribution in [1.82, 2.24) is 9.78 Å². The summed E-state index contributed by atoms with van der Waals surface area (Å²) in [5.74, 6) is 0.530. The molecule has 0 unspecified atom stereocenters. The van der Waals surface area contributed by atoms with Gasteiger partial charge in [-0.05, 0) is 6.42 Å². The van der Waals surface area contributed by atoms with Crippen molar-refractivity contribution < 1.29 is 0 Å². The van der Waals surface area contributed by atoms with Gasteiger partial charge in [0.25, 0.3) is 0 Å². The fourth-order valence-electron chi connectivity index (χ4n) is 0.903. The van der Waals surface area contributed by atoms with Crippen molar-refractivity contribution >= 4 is 5.82 Å². The maximum Gasteiger partial charge on any atom is 0.148 e. The number of hydrogen-bond donors (Lipinski definition) is 1. The van der Waals surface area contributed by atoms with Crippen molar-refractivity contribution in [1.29, 1.82) is 5.26 Å². The van der Waals surface area contributed by atoms with Gasteiger partial charge in [0, 0.05) is 11.8 Å². The molecular weight excluding hydrogens is 140 g/mol. The fraction of sp³-hybridized carbons (Fsp3) is 0.429. The van der Waals surface area contributed by atoms with Crippen LogP contribution in [0.2, 0.25) is 0 Å². The number of nitriles is 1. The number of rotatable bonds is 2. The first-order valence-electron chi connectivity index (χ1n) is 3.46. The summed E-state index contributed by atoms with van der Waals surface area (Å²) in [6, 6.07) is 1.99. The summed E-state index contributed by atoms with van der Waals surface area (Å²) in [6.07, 6.45) is 2.66. The Labute approximate surface area is 65.2 Å². The van der Waals surface area contributed by atoms with Gasteiger partial charge in [0.05, 0.1) is 6.07 Å². The van der Waals surface area contributed by atoms with E-state index in [-0.39, 0.29) is 6.54 Å². The first-order chi connectivity index (χ1) is 5.27. The van der Waals surface area contributed by atoms with Gasteiger partial charge in [-0.1, -0.05) is 6.92 Å². The van der Waals surface area contributed by atoms with E-state index < -0.39 is 0 Å². The molecule has 0 atom stereocenters. The molecule has 1 heterocycles. The molecule has 4 heteroatoms. The Hall–Kier alpha value is -1.50. The van der Waals surface area contributed by atoms with Crippen LogP contribution in [0.3, 0.4) is 0 Å². The molecule has 1 aromatic rings. The van der Waals surface area contributed by atoms with Crippen molar-refractivity contribution in [3.05, 3.63) is 11.8 Å². The average Bonchev–Trinajstić information content (AvgIpc) is 2.32. The van der Waals surface area contributed by atoms with E-state index >= 15 is 0 Å². The molecule has 1 rings (SSSR count). The zero-order valence-corrected chi connectivity index (χ0v) is 6.41. The van der Waals surface area contributed by atoms with E-state index in [9.17, 15) is 0 Å². The minimum absolute atomic E-state index is 0.268. The normalized spacial score (nSPS) is 9.45. The van der Waals surface area contributed by atoms with E-state index in [1.807, 2.05) is 13.0 Å². The minimum atomic E-state index is 0.268. The van der Waals surface area contributed by atoms with E-state index in [2.05, 4.69) is 5.10 Å². The number of nitrogens with zero attached hydrogens (tertiary/aromatic N) is 3. The lowest BCUT2D eigenvalue weighted by atomic mass is 10.3. The highest BCUT2D eigenvalue weighted by molar-refractivity contribution is 5.37. The van der Waals surface area contributed by atoms with Crippen LogP contribution in [-0.2, 0) is 13.0 Å². The SMILES string of the molecule is CCc1cn(CC#N)nc1N. The van der Waals surface area contributed by atoms with Crippen LogP contribution >= 0.6 is 0 Å². The molecule has 0 aliphatic heterocycles. The highest BCUT2D eigenvalue weighted by atomic mass is 15.3. The summed E-state index contributed by atoms with van der Waals surface area (Å²) in [5, 5.41) is 12.3. The lowest BCUT2D eigenvalue weighted by Gasteiger charge is -1.86. The third-order valence-electron chi connectivity index (χ3n) is 1.48. The number of hydrogen-bond acceptors (Lipinski definition) is 3. The number of anilines is 1. The molecule has 0 spiro atoms. The molecular formula is C7H10N4. The summed E-state index contributed by atoms with van der Waals surface area (Å²) in [5.41, 5.74) is 6.54. The van der Waals surface area contributed by atoms with E-state index in [1.165, 1.54) is 0 Å². The maximum absolute atomic E-state index is 8.34. The number of aryl methyl sites for hydroxylation is 1. The molecule has 58 valence electrons. The summed E-state index contributed by atoms with van der Waals surface area (Å²) >= 11 is 0. The lowest BCUT2D eigenvalue weighted by Crippen LogP contribution is -1.96. The fourth-order valence-corrected chi connectivity index (χ4v) is 0.903. The van der Waals surface area contributed by atoms with Crippen LogP contribution < -0.4 is 5.73 Å². The predicted molar refractivity (Wildman–Crippen MR) is 41.6 cm³/mol. The highest BCUT2D eigenvalue weighted by Crippen LogP contribution is 2.08. The van der Waals surface area contributed by atoms with E-state index in [1.54, 1.807) is 10.9 Å². The Morgan fingerprint density at radius 1 is 1.82 bits per heavy atom. The third-order valence-corrected chi connectivity index (χ3v) is 1.48. The van der Waals surface area contributed by atoms with Crippen LogP contribution in [-0.4, -0.2) is 9.78 Å². The van der Waals surface area contributed by atoms with Crippen molar-refractivity contribution in [3.63, 3.8) is 0 Å². The van der Waals surface area contributed by atoms with Gasteiger partial charge in [0.1, 0.15) is 12.4 Å². The molecule has 0 fully saturated rings. The van der Waals surface area contributed by atoms with Crippen LogP contribution in [0.25, 0.3) is 0 Å².